The van der Waals surface area contributed by atoms with Crippen LogP contribution in [0.1, 0.15) is 43.7 Å². The molecule has 0 saturated carbocycles. The highest BCUT2D eigenvalue weighted by molar-refractivity contribution is 7.10. The van der Waals surface area contributed by atoms with Gasteiger partial charge in [-0.25, -0.2) is 4.39 Å². The van der Waals surface area contributed by atoms with Crippen molar-refractivity contribution in [2.75, 3.05) is 19.7 Å². The fraction of sp³-hybridized carbons (Fsp3) is 0.455. The van der Waals surface area contributed by atoms with E-state index in [0.717, 1.165) is 18.4 Å². The van der Waals surface area contributed by atoms with Gasteiger partial charge in [0.2, 0.25) is 11.8 Å². The predicted molar refractivity (Wildman–Crippen MR) is 112 cm³/mol. The van der Waals surface area contributed by atoms with E-state index in [0.29, 0.717) is 12.3 Å². The summed E-state index contributed by atoms with van der Waals surface area (Å²) in [7, 11) is 0. The summed E-state index contributed by atoms with van der Waals surface area (Å²) in [4.78, 5) is 29.9. The van der Waals surface area contributed by atoms with Crippen LogP contribution in [-0.2, 0) is 16.0 Å². The first kappa shape index (κ1) is 21.3. The van der Waals surface area contributed by atoms with Crippen LogP contribution in [0.4, 0.5) is 4.39 Å². The van der Waals surface area contributed by atoms with Crippen LogP contribution in [0.5, 0.6) is 5.75 Å². The van der Waals surface area contributed by atoms with Gasteiger partial charge in [-0.05, 0) is 48.9 Å². The second-order valence-corrected chi connectivity index (χ2v) is 8.33. The number of nitrogens with zero attached hydrogens (tertiary/aromatic N) is 2. The molecule has 2 amide bonds. The fourth-order valence-electron chi connectivity index (χ4n) is 3.64. The number of fused-ring (bicyclic) bond motifs is 1. The van der Waals surface area contributed by atoms with E-state index in [1.54, 1.807) is 33.3 Å². The Morgan fingerprint density at radius 3 is 2.86 bits per heavy atom. The minimum atomic E-state index is -0.360. The number of benzene rings is 1. The number of carbonyl (C=O) groups excluding carboxylic acids is 2. The smallest absolute Gasteiger partial charge is 0.242 e. The topological polar surface area (TPSA) is 49.9 Å². The van der Waals surface area contributed by atoms with Gasteiger partial charge in [-0.15, -0.1) is 11.3 Å². The van der Waals surface area contributed by atoms with Gasteiger partial charge >= 0.3 is 0 Å². The summed E-state index contributed by atoms with van der Waals surface area (Å²) in [5.74, 6) is -0.121. The van der Waals surface area contributed by atoms with Gasteiger partial charge < -0.3 is 14.5 Å². The van der Waals surface area contributed by atoms with Crippen molar-refractivity contribution in [3.63, 3.8) is 0 Å². The highest BCUT2D eigenvalue weighted by Crippen LogP contribution is 2.34. The van der Waals surface area contributed by atoms with Crippen molar-refractivity contribution in [2.24, 2.45) is 0 Å². The van der Waals surface area contributed by atoms with Crippen molar-refractivity contribution in [3.8, 4) is 5.75 Å². The molecular formula is C22H27FN2O3S. The lowest BCUT2D eigenvalue weighted by Gasteiger charge is -2.37. The molecule has 1 aliphatic heterocycles. The van der Waals surface area contributed by atoms with E-state index in [4.69, 9.17) is 4.74 Å². The number of ether oxygens (including phenoxy) is 1. The molecule has 1 aromatic heterocycles. The Morgan fingerprint density at radius 2 is 2.17 bits per heavy atom. The van der Waals surface area contributed by atoms with E-state index in [1.165, 1.54) is 23.9 Å². The minimum absolute atomic E-state index is 0.0000528. The molecule has 0 unspecified atom stereocenters. The third kappa shape index (κ3) is 4.96. The number of halogens is 1. The van der Waals surface area contributed by atoms with Gasteiger partial charge in [0.15, 0.2) is 0 Å². The van der Waals surface area contributed by atoms with Crippen LogP contribution >= 0.6 is 11.3 Å². The Morgan fingerprint density at radius 1 is 1.38 bits per heavy atom. The van der Waals surface area contributed by atoms with Crippen LogP contribution < -0.4 is 4.74 Å². The van der Waals surface area contributed by atoms with Gasteiger partial charge in [-0.3, -0.25) is 9.59 Å². The summed E-state index contributed by atoms with van der Waals surface area (Å²) >= 11 is 1.68. The Hall–Kier alpha value is -2.41. The van der Waals surface area contributed by atoms with E-state index in [2.05, 4.69) is 0 Å². The van der Waals surface area contributed by atoms with E-state index in [1.807, 2.05) is 25.3 Å². The molecule has 1 aromatic carbocycles. The molecule has 2 atom stereocenters. The lowest BCUT2D eigenvalue weighted by molar-refractivity contribution is -0.143. The summed E-state index contributed by atoms with van der Waals surface area (Å²) < 4.78 is 19.3. The van der Waals surface area contributed by atoms with Crippen molar-refractivity contribution in [3.05, 3.63) is 52.0 Å². The van der Waals surface area contributed by atoms with Gasteiger partial charge in [-0.2, -0.15) is 0 Å². The summed E-state index contributed by atoms with van der Waals surface area (Å²) in [5, 5.41) is 2.02. The Bertz CT molecular complexity index is 869. The zero-order valence-electron chi connectivity index (χ0n) is 17.1. The van der Waals surface area contributed by atoms with E-state index >= 15 is 0 Å². The summed E-state index contributed by atoms with van der Waals surface area (Å²) in [5.41, 5.74) is 1.07. The van der Waals surface area contributed by atoms with Gasteiger partial charge in [0, 0.05) is 30.5 Å². The van der Waals surface area contributed by atoms with E-state index in [-0.39, 0.29) is 42.9 Å². The molecule has 0 fully saturated rings. The lowest BCUT2D eigenvalue weighted by atomic mass is 10.00. The zero-order chi connectivity index (χ0) is 21.0. The molecule has 2 aromatic rings. The monoisotopic (exact) mass is 418 g/mol. The molecule has 156 valence electrons. The van der Waals surface area contributed by atoms with Crippen molar-refractivity contribution in [2.45, 2.75) is 45.7 Å². The van der Waals surface area contributed by atoms with Crippen LogP contribution in [0.3, 0.4) is 0 Å². The van der Waals surface area contributed by atoms with Crippen LogP contribution in [-0.4, -0.2) is 47.4 Å². The summed E-state index contributed by atoms with van der Waals surface area (Å²) in [6.07, 6.45) is 1.58. The van der Waals surface area contributed by atoms with Crippen LogP contribution in [0, 0.1) is 5.82 Å². The van der Waals surface area contributed by atoms with Crippen molar-refractivity contribution < 1.29 is 18.7 Å². The maximum Gasteiger partial charge on any atom is 0.242 e. The molecule has 1 aliphatic rings. The quantitative estimate of drug-likeness (QED) is 0.682. The summed E-state index contributed by atoms with van der Waals surface area (Å²) in [6.45, 7) is 6.32. The predicted octanol–water partition coefficient (Wildman–Crippen LogP) is 4.04. The number of thiophene rings is 1. The van der Waals surface area contributed by atoms with Crippen LogP contribution in [0.2, 0.25) is 0 Å². The molecule has 0 aliphatic carbocycles. The average molecular weight is 419 g/mol. The molecule has 0 saturated heterocycles. The minimum Gasteiger partial charge on any atom is -0.491 e. The Balaban J connectivity index is 1.78. The number of hydrogen-bond acceptors (Lipinski definition) is 4. The number of rotatable bonds is 7. The molecule has 0 bridgehead atoms. The van der Waals surface area contributed by atoms with Crippen molar-refractivity contribution >= 4 is 23.2 Å². The van der Waals surface area contributed by atoms with Crippen LogP contribution in [0.25, 0.3) is 0 Å². The molecular weight excluding hydrogens is 391 g/mol. The normalized spacial score (nSPS) is 16.8. The third-order valence-electron chi connectivity index (χ3n) is 5.45. The Labute approximate surface area is 175 Å². The molecule has 3 rings (SSSR count). The largest absolute Gasteiger partial charge is 0.491 e. The van der Waals surface area contributed by atoms with Gasteiger partial charge in [0.25, 0.3) is 0 Å². The molecule has 2 heterocycles. The van der Waals surface area contributed by atoms with E-state index in [9.17, 15) is 14.0 Å². The highest BCUT2D eigenvalue weighted by atomic mass is 32.1. The number of amides is 2. The second kappa shape index (κ2) is 9.39. The maximum atomic E-state index is 13.5. The first-order valence-corrected chi connectivity index (χ1v) is 10.8. The van der Waals surface area contributed by atoms with E-state index < -0.39 is 0 Å². The standard InChI is InChI=1S/C22H27FN2O3S/c1-4-15(2)25(16(3)26)13-22(27)24-10-8-21-19(9-11-29-21)20(24)14-28-18-7-5-6-17(23)12-18/h5-7,9,11-12,15,20H,4,8,10,13-14H2,1-3H3/t15-,20-/m1/s1. The molecule has 7 heteroatoms. The molecule has 29 heavy (non-hydrogen) atoms. The highest BCUT2D eigenvalue weighted by Gasteiger charge is 2.33. The first-order valence-electron chi connectivity index (χ1n) is 9.92. The first-order chi connectivity index (χ1) is 13.9. The van der Waals surface area contributed by atoms with Crippen LogP contribution in [0.15, 0.2) is 35.7 Å². The lowest BCUT2D eigenvalue weighted by Crippen LogP contribution is -2.49. The van der Waals surface area contributed by atoms with Gasteiger partial charge in [-0.1, -0.05) is 13.0 Å². The van der Waals surface area contributed by atoms with Gasteiger partial charge in [0.1, 0.15) is 18.2 Å². The summed E-state index contributed by atoms with van der Waals surface area (Å²) in [6, 6.07) is 7.77. The van der Waals surface area contributed by atoms with Gasteiger partial charge in [0.05, 0.1) is 12.6 Å². The maximum absolute atomic E-state index is 13.5. The fourth-order valence-corrected chi connectivity index (χ4v) is 4.57. The average Bonchev–Trinajstić information content (AvgIpc) is 3.18. The SMILES string of the molecule is CC[C@@H](C)N(CC(=O)N1CCc2sccc2[C@H]1COc1cccc(F)c1)C(C)=O. The zero-order valence-corrected chi connectivity index (χ0v) is 17.9. The molecule has 5 nitrogen and oxygen atoms in total. The second-order valence-electron chi connectivity index (χ2n) is 7.32. The number of carbonyl (C=O) groups is 2. The molecule has 0 N–H and O–H groups in total. The molecule has 0 spiro atoms. The van der Waals surface area contributed by atoms with Crippen molar-refractivity contribution in [1.82, 2.24) is 9.80 Å². The van der Waals surface area contributed by atoms with Crippen molar-refractivity contribution in [1.29, 1.82) is 0 Å². The number of hydrogen-bond donors (Lipinski definition) is 0. The molecule has 0 radical (unpaired) electrons. The Kier molecular flexibility index (Phi) is 6.90. The third-order valence-corrected chi connectivity index (χ3v) is 6.45.